The smallest absolute Gasteiger partial charge is 0.191 e. The molecule has 0 aliphatic carbocycles. The number of ketones is 1. The van der Waals surface area contributed by atoms with Crippen LogP contribution in [-0.2, 0) is 4.74 Å². The van der Waals surface area contributed by atoms with Crippen LogP contribution in [0.1, 0.15) is 16.1 Å². The van der Waals surface area contributed by atoms with Gasteiger partial charge >= 0.3 is 0 Å². The van der Waals surface area contributed by atoms with E-state index in [4.69, 9.17) is 4.74 Å². The van der Waals surface area contributed by atoms with E-state index in [0.29, 0.717) is 25.5 Å². The predicted molar refractivity (Wildman–Crippen MR) is 51.5 cm³/mol. The van der Waals surface area contributed by atoms with Crippen LogP contribution in [0.15, 0.2) is 22.5 Å². The second kappa shape index (κ2) is 3.70. The zero-order chi connectivity index (χ0) is 9.10. The first-order valence-electron chi connectivity index (χ1n) is 4.09. The highest BCUT2D eigenvalue weighted by molar-refractivity contribution is 7.12. The van der Waals surface area contributed by atoms with Crippen molar-refractivity contribution < 1.29 is 9.53 Å². The molecule has 1 aliphatic heterocycles. The molecule has 1 aromatic heterocycles. The Hall–Kier alpha value is -1.16. The number of rotatable bonds is 3. The van der Waals surface area contributed by atoms with Gasteiger partial charge in [0, 0.05) is 0 Å². The van der Waals surface area contributed by atoms with Crippen molar-refractivity contribution in [2.24, 2.45) is 4.99 Å². The highest BCUT2D eigenvalue weighted by Gasteiger charge is 2.14. The first-order chi connectivity index (χ1) is 6.36. The van der Waals surface area contributed by atoms with Crippen molar-refractivity contribution >= 4 is 23.0 Å². The Labute approximate surface area is 80.1 Å². The number of ether oxygens (including phenoxy) is 1. The first kappa shape index (κ1) is 8.44. The number of Topliss-reactive ketones (excluding diaryl/α,β-unsaturated/α-hetero) is 1. The van der Waals surface area contributed by atoms with Gasteiger partial charge in [-0.3, -0.25) is 9.79 Å². The molecule has 0 radical (unpaired) electrons. The van der Waals surface area contributed by atoms with Crippen molar-refractivity contribution in [2.45, 2.75) is 6.42 Å². The molecule has 2 heterocycles. The molecule has 0 amide bonds. The summed E-state index contributed by atoms with van der Waals surface area (Å²) in [5.74, 6) is 0.675. The van der Waals surface area contributed by atoms with Crippen LogP contribution in [0.3, 0.4) is 0 Å². The highest BCUT2D eigenvalue weighted by atomic mass is 32.1. The molecule has 13 heavy (non-hydrogen) atoms. The van der Waals surface area contributed by atoms with E-state index in [1.807, 2.05) is 17.5 Å². The van der Waals surface area contributed by atoms with Gasteiger partial charge in [-0.2, -0.15) is 0 Å². The molecule has 0 saturated carbocycles. The lowest BCUT2D eigenvalue weighted by molar-refractivity contribution is 0.0998. The summed E-state index contributed by atoms with van der Waals surface area (Å²) in [6.45, 7) is 1.31. The Kier molecular flexibility index (Phi) is 2.40. The van der Waals surface area contributed by atoms with Crippen LogP contribution in [0.25, 0.3) is 0 Å². The molecular formula is C9H9NO2S. The van der Waals surface area contributed by atoms with E-state index in [9.17, 15) is 4.79 Å². The van der Waals surface area contributed by atoms with Crippen LogP contribution in [0, 0.1) is 0 Å². The van der Waals surface area contributed by atoms with E-state index in [0.717, 1.165) is 4.88 Å². The minimum Gasteiger partial charge on any atom is -0.479 e. The zero-order valence-electron chi connectivity index (χ0n) is 7.03. The molecule has 68 valence electrons. The summed E-state index contributed by atoms with van der Waals surface area (Å²) in [5, 5.41) is 1.89. The Morgan fingerprint density at radius 3 is 3.23 bits per heavy atom. The first-order valence-corrected chi connectivity index (χ1v) is 4.97. The lowest BCUT2D eigenvalue weighted by Gasteiger charge is -1.98. The van der Waals surface area contributed by atoms with Crippen LogP contribution in [0.2, 0.25) is 0 Å². The summed E-state index contributed by atoms with van der Waals surface area (Å²) >= 11 is 1.45. The van der Waals surface area contributed by atoms with Gasteiger partial charge in [-0.15, -0.1) is 11.3 Å². The Balaban J connectivity index is 1.99. The number of aliphatic imine (C=N–C) groups is 1. The summed E-state index contributed by atoms with van der Waals surface area (Å²) in [4.78, 5) is 16.4. The van der Waals surface area contributed by atoms with Gasteiger partial charge in [0.15, 0.2) is 11.7 Å². The average Bonchev–Trinajstić information content (AvgIpc) is 2.74. The molecule has 1 aromatic rings. The van der Waals surface area contributed by atoms with Crippen LogP contribution in [-0.4, -0.2) is 24.8 Å². The predicted octanol–water partition coefficient (Wildman–Crippen LogP) is 1.75. The molecule has 2 rings (SSSR count). The molecule has 1 aliphatic rings. The van der Waals surface area contributed by atoms with Crippen LogP contribution >= 0.6 is 11.3 Å². The Morgan fingerprint density at radius 2 is 2.62 bits per heavy atom. The standard InChI is InChI=1S/C9H9NO2S/c11-7(8-2-1-5-13-8)6-9-10-3-4-12-9/h1-2,5H,3-4,6H2. The third-order valence-electron chi connectivity index (χ3n) is 1.76. The van der Waals surface area contributed by atoms with Crippen LogP contribution in [0.4, 0.5) is 0 Å². The molecule has 0 saturated heterocycles. The fourth-order valence-corrected chi connectivity index (χ4v) is 1.81. The van der Waals surface area contributed by atoms with E-state index in [1.165, 1.54) is 11.3 Å². The summed E-state index contributed by atoms with van der Waals surface area (Å²) in [5.41, 5.74) is 0. The van der Waals surface area contributed by atoms with E-state index < -0.39 is 0 Å². The number of hydrogen-bond donors (Lipinski definition) is 0. The summed E-state index contributed by atoms with van der Waals surface area (Å²) in [6.07, 6.45) is 0.306. The maximum absolute atomic E-state index is 11.5. The lowest BCUT2D eigenvalue weighted by Crippen LogP contribution is -2.07. The molecule has 0 aromatic carbocycles. The van der Waals surface area contributed by atoms with Gasteiger partial charge < -0.3 is 4.74 Å². The third kappa shape index (κ3) is 1.95. The molecule has 0 unspecified atom stereocenters. The number of nitrogens with zero attached hydrogens (tertiary/aromatic N) is 1. The SMILES string of the molecule is O=C(CC1=NCCO1)c1cccs1. The number of carbonyl (C=O) groups excluding carboxylic acids is 1. The maximum atomic E-state index is 11.5. The van der Waals surface area contributed by atoms with Crippen molar-refractivity contribution in [1.82, 2.24) is 0 Å². The third-order valence-corrected chi connectivity index (χ3v) is 2.67. The maximum Gasteiger partial charge on any atom is 0.191 e. The Morgan fingerprint density at radius 1 is 1.69 bits per heavy atom. The molecule has 0 bridgehead atoms. The zero-order valence-corrected chi connectivity index (χ0v) is 7.84. The summed E-state index contributed by atoms with van der Waals surface area (Å²) in [6, 6.07) is 3.69. The van der Waals surface area contributed by atoms with E-state index in [1.54, 1.807) is 0 Å². The molecule has 4 heteroatoms. The van der Waals surface area contributed by atoms with Crippen molar-refractivity contribution in [1.29, 1.82) is 0 Å². The molecule has 0 N–H and O–H groups in total. The van der Waals surface area contributed by atoms with Gasteiger partial charge in [0.25, 0.3) is 0 Å². The molecule has 0 fully saturated rings. The van der Waals surface area contributed by atoms with Gasteiger partial charge in [0.1, 0.15) is 6.61 Å². The normalized spacial score (nSPS) is 15.2. The number of hydrogen-bond acceptors (Lipinski definition) is 4. The summed E-state index contributed by atoms with van der Waals surface area (Å²) in [7, 11) is 0. The van der Waals surface area contributed by atoms with Crippen molar-refractivity contribution in [3.05, 3.63) is 22.4 Å². The molecular weight excluding hydrogens is 186 g/mol. The largest absolute Gasteiger partial charge is 0.479 e. The fourth-order valence-electron chi connectivity index (χ4n) is 1.15. The van der Waals surface area contributed by atoms with E-state index in [-0.39, 0.29) is 5.78 Å². The van der Waals surface area contributed by atoms with Crippen LogP contribution in [0.5, 0.6) is 0 Å². The minimum atomic E-state index is 0.0932. The van der Waals surface area contributed by atoms with E-state index in [2.05, 4.69) is 4.99 Å². The van der Waals surface area contributed by atoms with Crippen molar-refractivity contribution in [3.63, 3.8) is 0 Å². The van der Waals surface area contributed by atoms with Gasteiger partial charge in [0.2, 0.25) is 0 Å². The second-order valence-corrected chi connectivity index (χ2v) is 3.65. The van der Waals surface area contributed by atoms with Gasteiger partial charge in [-0.25, -0.2) is 0 Å². The number of carbonyl (C=O) groups is 1. The van der Waals surface area contributed by atoms with Gasteiger partial charge in [0.05, 0.1) is 17.8 Å². The average molecular weight is 195 g/mol. The summed E-state index contributed by atoms with van der Waals surface area (Å²) < 4.78 is 5.16. The molecule has 3 nitrogen and oxygen atoms in total. The van der Waals surface area contributed by atoms with Crippen molar-refractivity contribution in [3.8, 4) is 0 Å². The van der Waals surface area contributed by atoms with Gasteiger partial charge in [-0.1, -0.05) is 6.07 Å². The lowest BCUT2D eigenvalue weighted by atomic mass is 10.2. The van der Waals surface area contributed by atoms with E-state index >= 15 is 0 Å². The topological polar surface area (TPSA) is 38.7 Å². The fraction of sp³-hybridized carbons (Fsp3) is 0.333. The monoisotopic (exact) mass is 195 g/mol. The Bertz CT molecular complexity index is 329. The highest BCUT2D eigenvalue weighted by Crippen LogP contribution is 2.12. The minimum absolute atomic E-state index is 0.0932. The molecule has 0 atom stereocenters. The second-order valence-electron chi connectivity index (χ2n) is 2.70. The van der Waals surface area contributed by atoms with Gasteiger partial charge in [-0.05, 0) is 11.4 Å². The van der Waals surface area contributed by atoms with Crippen molar-refractivity contribution in [2.75, 3.05) is 13.2 Å². The molecule has 0 spiro atoms. The van der Waals surface area contributed by atoms with Crippen LogP contribution < -0.4 is 0 Å². The number of thiophene rings is 1. The quantitative estimate of drug-likeness (QED) is 0.689.